The Morgan fingerprint density at radius 1 is 1.23 bits per heavy atom. The van der Waals surface area contributed by atoms with Crippen molar-refractivity contribution in [2.45, 2.75) is 20.4 Å². The van der Waals surface area contributed by atoms with Gasteiger partial charge in [0.05, 0.1) is 30.8 Å². The van der Waals surface area contributed by atoms with Crippen LogP contribution in [0.15, 0.2) is 23.3 Å². The van der Waals surface area contributed by atoms with Gasteiger partial charge in [-0.05, 0) is 13.8 Å². The first-order valence-electron chi connectivity index (χ1n) is 7.78. The number of nitrogens with one attached hydrogen (secondary N) is 1. The smallest absolute Gasteiger partial charge is 0.256 e. The maximum atomic E-state index is 12.3. The number of amides is 1. The van der Waals surface area contributed by atoms with E-state index in [1.54, 1.807) is 40.2 Å². The van der Waals surface area contributed by atoms with Gasteiger partial charge in [-0.3, -0.25) is 14.2 Å². The van der Waals surface area contributed by atoms with Gasteiger partial charge in [0.2, 0.25) is 5.91 Å². The molecular weight excluding hydrogens is 356 g/mol. The van der Waals surface area contributed by atoms with Crippen molar-refractivity contribution in [1.29, 1.82) is 0 Å². The lowest BCUT2D eigenvalue weighted by molar-refractivity contribution is -0.116. The van der Waals surface area contributed by atoms with Gasteiger partial charge in [0.15, 0.2) is 16.6 Å². The van der Waals surface area contributed by atoms with Crippen LogP contribution in [0.5, 0.6) is 11.5 Å². The molecule has 0 unspecified atom stereocenters. The van der Waals surface area contributed by atoms with Gasteiger partial charge in [-0.15, -0.1) is 0 Å². The molecule has 0 atom stereocenters. The van der Waals surface area contributed by atoms with Gasteiger partial charge in [-0.2, -0.15) is 0 Å². The first kappa shape index (κ1) is 17.9. The van der Waals surface area contributed by atoms with Crippen molar-refractivity contribution in [2.75, 3.05) is 19.5 Å². The SMILES string of the molecule is COc1cc2nc(NC(=O)Cn3cnc(C)c(C)c3=O)sc2cc1OC. The number of thiazole rings is 1. The summed E-state index contributed by atoms with van der Waals surface area (Å²) in [4.78, 5) is 32.9. The quantitative estimate of drug-likeness (QED) is 0.735. The number of hydrogen-bond acceptors (Lipinski definition) is 7. The fourth-order valence-electron chi connectivity index (χ4n) is 2.41. The second kappa shape index (κ2) is 7.12. The third-order valence-corrected chi connectivity index (χ3v) is 4.90. The molecule has 3 rings (SSSR count). The normalized spacial score (nSPS) is 10.8. The fourth-order valence-corrected chi connectivity index (χ4v) is 3.30. The van der Waals surface area contributed by atoms with E-state index >= 15 is 0 Å². The molecule has 0 radical (unpaired) electrons. The first-order chi connectivity index (χ1) is 12.4. The number of ether oxygens (including phenoxy) is 2. The molecule has 0 aliphatic heterocycles. The number of rotatable bonds is 5. The summed E-state index contributed by atoms with van der Waals surface area (Å²) in [6.45, 7) is 3.31. The zero-order chi connectivity index (χ0) is 18.8. The van der Waals surface area contributed by atoms with Crippen molar-refractivity contribution in [3.05, 3.63) is 40.1 Å². The summed E-state index contributed by atoms with van der Waals surface area (Å²) in [5.74, 6) is 0.806. The molecule has 0 saturated carbocycles. The average molecular weight is 374 g/mol. The highest BCUT2D eigenvalue weighted by atomic mass is 32.1. The van der Waals surface area contributed by atoms with Crippen molar-refractivity contribution in [2.24, 2.45) is 0 Å². The van der Waals surface area contributed by atoms with Crippen LogP contribution in [-0.2, 0) is 11.3 Å². The van der Waals surface area contributed by atoms with Gasteiger partial charge in [0.1, 0.15) is 6.54 Å². The molecule has 2 aromatic heterocycles. The van der Waals surface area contributed by atoms with Crippen LogP contribution >= 0.6 is 11.3 Å². The Morgan fingerprint density at radius 3 is 2.62 bits per heavy atom. The van der Waals surface area contributed by atoms with E-state index in [4.69, 9.17) is 9.47 Å². The Kier molecular flexibility index (Phi) is 4.90. The molecule has 9 heteroatoms. The van der Waals surface area contributed by atoms with Gasteiger partial charge >= 0.3 is 0 Å². The lowest BCUT2D eigenvalue weighted by Gasteiger charge is -2.07. The first-order valence-corrected chi connectivity index (χ1v) is 8.59. The van der Waals surface area contributed by atoms with Crippen LogP contribution < -0.4 is 20.3 Å². The highest BCUT2D eigenvalue weighted by molar-refractivity contribution is 7.22. The van der Waals surface area contributed by atoms with Gasteiger partial charge in [-0.1, -0.05) is 11.3 Å². The molecular formula is C17H18N4O4S. The monoisotopic (exact) mass is 374 g/mol. The number of benzene rings is 1. The maximum absolute atomic E-state index is 12.3. The lowest BCUT2D eigenvalue weighted by atomic mass is 10.3. The third-order valence-electron chi connectivity index (χ3n) is 3.97. The lowest BCUT2D eigenvalue weighted by Crippen LogP contribution is -2.29. The molecule has 1 amide bonds. The topological polar surface area (TPSA) is 95.3 Å². The van der Waals surface area contributed by atoms with Crippen molar-refractivity contribution in [3.8, 4) is 11.5 Å². The standard InChI is InChI=1S/C17H18N4O4S/c1-9-10(2)18-8-21(16(9)23)7-15(22)20-17-19-11-5-12(24-3)13(25-4)6-14(11)26-17/h5-6,8H,7H2,1-4H3,(H,19,20,22). The van der Waals surface area contributed by atoms with Gasteiger partial charge < -0.3 is 14.8 Å². The maximum Gasteiger partial charge on any atom is 0.256 e. The van der Waals surface area contributed by atoms with Crippen LogP contribution in [0, 0.1) is 13.8 Å². The molecule has 0 spiro atoms. The predicted octanol–water partition coefficient (Wildman–Crippen LogP) is 2.13. The summed E-state index contributed by atoms with van der Waals surface area (Å²) in [5.41, 5.74) is 1.64. The number of hydrogen-bond donors (Lipinski definition) is 1. The van der Waals surface area contributed by atoms with Crippen molar-refractivity contribution in [3.63, 3.8) is 0 Å². The Bertz CT molecular complexity index is 1000. The Labute approximate surface area is 153 Å². The summed E-state index contributed by atoms with van der Waals surface area (Å²) in [6.07, 6.45) is 1.37. The van der Waals surface area contributed by atoms with E-state index in [9.17, 15) is 9.59 Å². The molecule has 8 nitrogen and oxygen atoms in total. The number of nitrogens with zero attached hydrogens (tertiary/aromatic N) is 3. The second-order valence-electron chi connectivity index (χ2n) is 5.63. The van der Waals surface area contributed by atoms with E-state index in [-0.39, 0.29) is 18.0 Å². The Morgan fingerprint density at radius 2 is 1.92 bits per heavy atom. The zero-order valence-electron chi connectivity index (χ0n) is 14.8. The zero-order valence-corrected chi connectivity index (χ0v) is 15.6. The molecule has 0 fully saturated rings. The Hall–Kier alpha value is -2.94. The van der Waals surface area contributed by atoms with Crippen LogP contribution in [0.4, 0.5) is 5.13 Å². The van der Waals surface area contributed by atoms with Crippen LogP contribution in [0.25, 0.3) is 10.2 Å². The van der Waals surface area contributed by atoms with Crippen molar-refractivity contribution < 1.29 is 14.3 Å². The van der Waals surface area contributed by atoms with E-state index in [2.05, 4.69) is 15.3 Å². The molecule has 136 valence electrons. The molecule has 3 aromatic rings. The third kappa shape index (κ3) is 3.38. The summed E-state index contributed by atoms with van der Waals surface area (Å²) >= 11 is 1.31. The van der Waals surface area contributed by atoms with Gasteiger partial charge in [0, 0.05) is 23.4 Å². The van der Waals surface area contributed by atoms with Crippen LogP contribution in [-0.4, -0.2) is 34.7 Å². The summed E-state index contributed by atoms with van der Waals surface area (Å²) < 4.78 is 12.6. The van der Waals surface area contributed by atoms with E-state index in [1.165, 1.54) is 22.2 Å². The van der Waals surface area contributed by atoms with E-state index < -0.39 is 0 Å². The van der Waals surface area contributed by atoms with Crippen molar-refractivity contribution in [1.82, 2.24) is 14.5 Å². The fraction of sp³-hybridized carbons (Fsp3) is 0.294. The largest absolute Gasteiger partial charge is 0.493 e. The number of anilines is 1. The molecule has 0 aliphatic carbocycles. The molecule has 26 heavy (non-hydrogen) atoms. The van der Waals surface area contributed by atoms with E-state index in [0.29, 0.717) is 33.4 Å². The number of carbonyl (C=O) groups excluding carboxylic acids is 1. The molecule has 1 N–H and O–H groups in total. The molecule has 0 saturated heterocycles. The number of aryl methyl sites for hydroxylation is 1. The number of carbonyl (C=O) groups is 1. The number of fused-ring (bicyclic) bond motifs is 1. The summed E-state index contributed by atoms with van der Waals surface area (Å²) in [7, 11) is 3.11. The second-order valence-corrected chi connectivity index (χ2v) is 6.66. The minimum Gasteiger partial charge on any atom is -0.493 e. The highest BCUT2D eigenvalue weighted by Crippen LogP contribution is 2.36. The van der Waals surface area contributed by atoms with Gasteiger partial charge in [-0.25, -0.2) is 9.97 Å². The molecule has 0 bridgehead atoms. The van der Waals surface area contributed by atoms with Crippen LogP contribution in [0.3, 0.4) is 0 Å². The molecule has 2 heterocycles. The van der Waals surface area contributed by atoms with Crippen molar-refractivity contribution >= 4 is 32.6 Å². The van der Waals surface area contributed by atoms with Gasteiger partial charge in [0.25, 0.3) is 5.56 Å². The highest BCUT2D eigenvalue weighted by Gasteiger charge is 2.13. The van der Waals surface area contributed by atoms with Crippen LogP contribution in [0.2, 0.25) is 0 Å². The molecule has 1 aromatic carbocycles. The summed E-state index contributed by atoms with van der Waals surface area (Å²) in [5, 5.41) is 3.15. The number of aromatic nitrogens is 3. The predicted molar refractivity (Wildman–Crippen MR) is 99.3 cm³/mol. The minimum atomic E-state index is -0.352. The minimum absolute atomic E-state index is 0.129. The molecule has 0 aliphatic rings. The van der Waals surface area contributed by atoms with Crippen LogP contribution in [0.1, 0.15) is 11.3 Å². The average Bonchev–Trinajstić information content (AvgIpc) is 3.01. The Balaban J connectivity index is 1.81. The van der Waals surface area contributed by atoms with E-state index in [0.717, 1.165) is 4.70 Å². The van der Waals surface area contributed by atoms with E-state index in [1.807, 2.05) is 0 Å². The number of methoxy groups -OCH3 is 2. The summed E-state index contributed by atoms with van der Waals surface area (Å²) in [6, 6.07) is 3.55.